The van der Waals surface area contributed by atoms with Crippen LogP contribution in [-0.2, 0) is 0 Å². The third-order valence-corrected chi connectivity index (χ3v) is 5.49. The molecule has 0 saturated carbocycles. The number of rotatable bonds is 6. The molecule has 1 aliphatic rings. The van der Waals surface area contributed by atoms with Crippen LogP contribution in [0.25, 0.3) is 11.3 Å². The van der Waals surface area contributed by atoms with Crippen molar-refractivity contribution in [3.8, 4) is 11.3 Å². The number of aromatic nitrogens is 2. The standard InChI is InChI=1S/C25H30N6O/c1-17(2)28-25(32)20-6-4-7-21(18(20)3)29-23-16-19(10-11-27-23)22-8-5-9-24(30-22)31-14-12-26-13-15-31/h4-11,16-17,26H,12-15H2,1-3H3,(H,27,29)(H,28,32). The Kier molecular flexibility index (Phi) is 6.66. The fourth-order valence-electron chi connectivity index (χ4n) is 3.81. The van der Waals surface area contributed by atoms with E-state index in [0.717, 1.165) is 54.5 Å². The van der Waals surface area contributed by atoms with Crippen molar-refractivity contribution in [3.05, 3.63) is 65.9 Å². The average Bonchev–Trinajstić information content (AvgIpc) is 2.81. The highest BCUT2D eigenvalue weighted by Crippen LogP contribution is 2.26. The fourth-order valence-corrected chi connectivity index (χ4v) is 3.81. The second kappa shape index (κ2) is 9.78. The highest BCUT2D eigenvalue weighted by atomic mass is 16.1. The maximum absolute atomic E-state index is 12.5. The SMILES string of the molecule is Cc1c(Nc2cc(-c3cccc(N4CCNCC4)n3)ccn2)cccc1C(=O)NC(C)C. The summed E-state index contributed by atoms with van der Waals surface area (Å²) >= 11 is 0. The second-order valence-corrected chi connectivity index (χ2v) is 8.28. The Morgan fingerprint density at radius 1 is 1.09 bits per heavy atom. The molecule has 1 amide bonds. The summed E-state index contributed by atoms with van der Waals surface area (Å²) in [5.74, 6) is 1.63. The van der Waals surface area contributed by atoms with Crippen LogP contribution in [0.1, 0.15) is 29.8 Å². The maximum Gasteiger partial charge on any atom is 0.251 e. The number of nitrogens with one attached hydrogen (secondary N) is 3. The third kappa shape index (κ3) is 5.06. The molecule has 0 radical (unpaired) electrons. The van der Waals surface area contributed by atoms with Crippen molar-refractivity contribution in [2.75, 3.05) is 36.4 Å². The zero-order chi connectivity index (χ0) is 22.5. The lowest BCUT2D eigenvalue weighted by atomic mass is 10.1. The molecule has 4 rings (SSSR count). The highest BCUT2D eigenvalue weighted by molar-refractivity contribution is 5.97. The molecular formula is C25H30N6O. The highest BCUT2D eigenvalue weighted by Gasteiger charge is 2.14. The quantitative estimate of drug-likeness (QED) is 0.553. The molecule has 2 aromatic heterocycles. The molecule has 3 aromatic rings. The molecule has 32 heavy (non-hydrogen) atoms. The van der Waals surface area contributed by atoms with E-state index in [1.807, 2.05) is 63.2 Å². The lowest BCUT2D eigenvalue weighted by molar-refractivity contribution is 0.0942. The smallest absolute Gasteiger partial charge is 0.251 e. The van der Waals surface area contributed by atoms with Gasteiger partial charge in [-0.25, -0.2) is 9.97 Å². The topological polar surface area (TPSA) is 82.2 Å². The maximum atomic E-state index is 12.5. The Bertz CT molecular complexity index is 1090. The molecule has 0 unspecified atom stereocenters. The van der Waals surface area contributed by atoms with E-state index in [9.17, 15) is 4.79 Å². The first-order valence-corrected chi connectivity index (χ1v) is 11.1. The van der Waals surface area contributed by atoms with E-state index in [0.29, 0.717) is 11.4 Å². The van der Waals surface area contributed by atoms with Crippen molar-refractivity contribution < 1.29 is 4.79 Å². The summed E-state index contributed by atoms with van der Waals surface area (Å²) in [6.45, 7) is 9.72. The molecule has 1 saturated heterocycles. The van der Waals surface area contributed by atoms with Gasteiger partial charge in [0, 0.05) is 55.2 Å². The van der Waals surface area contributed by atoms with Crippen molar-refractivity contribution in [2.24, 2.45) is 0 Å². The summed E-state index contributed by atoms with van der Waals surface area (Å²) in [4.78, 5) is 24.2. The molecule has 0 atom stereocenters. The van der Waals surface area contributed by atoms with E-state index < -0.39 is 0 Å². The van der Waals surface area contributed by atoms with Crippen LogP contribution >= 0.6 is 0 Å². The van der Waals surface area contributed by atoms with Gasteiger partial charge in [0.05, 0.1) is 5.69 Å². The van der Waals surface area contributed by atoms with Crippen LogP contribution in [0, 0.1) is 6.92 Å². The van der Waals surface area contributed by atoms with Crippen LogP contribution < -0.4 is 20.9 Å². The van der Waals surface area contributed by atoms with Gasteiger partial charge in [-0.2, -0.15) is 0 Å². The second-order valence-electron chi connectivity index (χ2n) is 8.28. The van der Waals surface area contributed by atoms with E-state index in [1.165, 1.54) is 0 Å². The minimum absolute atomic E-state index is 0.0724. The molecular weight excluding hydrogens is 400 g/mol. The number of hydrogen-bond acceptors (Lipinski definition) is 6. The van der Waals surface area contributed by atoms with Gasteiger partial charge < -0.3 is 20.9 Å². The first kappa shape index (κ1) is 21.8. The minimum Gasteiger partial charge on any atom is -0.354 e. The summed E-state index contributed by atoms with van der Waals surface area (Å²) in [6.07, 6.45) is 1.78. The first-order chi connectivity index (χ1) is 15.5. The van der Waals surface area contributed by atoms with Crippen LogP contribution in [-0.4, -0.2) is 48.1 Å². The molecule has 3 N–H and O–H groups in total. The summed E-state index contributed by atoms with van der Waals surface area (Å²) < 4.78 is 0. The van der Waals surface area contributed by atoms with Crippen molar-refractivity contribution in [2.45, 2.75) is 26.8 Å². The number of anilines is 3. The molecule has 166 valence electrons. The van der Waals surface area contributed by atoms with Crippen LogP contribution in [0.3, 0.4) is 0 Å². The third-order valence-electron chi connectivity index (χ3n) is 5.49. The molecule has 3 heterocycles. The number of carbonyl (C=O) groups is 1. The lowest BCUT2D eigenvalue weighted by Gasteiger charge is -2.28. The summed E-state index contributed by atoms with van der Waals surface area (Å²) in [6, 6.07) is 15.9. The summed E-state index contributed by atoms with van der Waals surface area (Å²) in [5.41, 5.74) is 4.30. The van der Waals surface area contributed by atoms with E-state index in [4.69, 9.17) is 4.98 Å². The number of pyridine rings is 2. The van der Waals surface area contributed by atoms with Gasteiger partial charge in [-0.1, -0.05) is 12.1 Å². The van der Waals surface area contributed by atoms with E-state index in [1.54, 1.807) is 6.20 Å². The van der Waals surface area contributed by atoms with Gasteiger partial charge in [0.15, 0.2) is 0 Å². The number of piperazine rings is 1. The van der Waals surface area contributed by atoms with Crippen molar-refractivity contribution in [1.29, 1.82) is 0 Å². The van der Waals surface area contributed by atoms with Gasteiger partial charge in [0.2, 0.25) is 0 Å². The van der Waals surface area contributed by atoms with E-state index in [2.05, 4.69) is 31.9 Å². The van der Waals surface area contributed by atoms with Crippen LogP contribution in [0.4, 0.5) is 17.3 Å². The Morgan fingerprint density at radius 2 is 1.88 bits per heavy atom. The van der Waals surface area contributed by atoms with Gasteiger partial charge >= 0.3 is 0 Å². The monoisotopic (exact) mass is 430 g/mol. The fraction of sp³-hybridized carbons (Fsp3) is 0.320. The van der Waals surface area contributed by atoms with Crippen LogP contribution in [0.15, 0.2) is 54.7 Å². The number of benzene rings is 1. The minimum atomic E-state index is -0.0724. The molecule has 7 heteroatoms. The molecule has 1 aliphatic heterocycles. The normalized spacial score (nSPS) is 13.8. The predicted octanol–water partition coefficient (Wildman–Crippen LogP) is 3.74. The molecule has 1 aromatic carbocycles. The van der Waals surface area contributed by atoms with Gasteiger partial charge in [-0.3, -0.25) is 4.79 Å². The molecule has 7 nitrogen and oxygen atoms in total. The Labute approximate surface area is 189 Å². The molecule has 1 fully saturated rings. The van der Waals surface area contributed by atoms with Crippen molar-refractivity contribution in [3.63, 3.8) is 0 Å². The Balaban J connectivity index is 1.56. The lowest BCUT2D eigenvalue weighted by Crippen LogP contribution is -2.43. The largest absolute Gasteiger partial charge is 0.354 e. The van der Waals surface area contributed by atoms with E-state index >= 15 is 0 Å². The van der Waals surface area contributed by atoms with Gasteiger partial charge in [0.25, 0.3) is 5.91 Å². The average molecular weight is 431 g/mol. The van der Waals surface area contributed by atoms with Gasteiger partial charge in [-0.15, -0.1) is 0 Å². The zero-order valence-electron chi connectivity index (χ0n) is 18.9. The van der Waals surface area contributed by atoms with Crippen molar-refractivity contribution in [1.82, 2.24) is 20.6 Å². The van der Waals surface area contributed by atoms with Gasteiger partial charge in [0.1, 0.15) is 11.6 Å². The summed E-state index contributed by atoms with van der Waals surface area (Å²) in [5, 5.41) is 9.70. The number of nitrogens with zero attached hydrogens (tertiary/aromatic N) is 3. The predicted molar refractivity (Wildman–Crippen MR) is 130 cm³/mol. The molecule has 0 aliphatic carbocycles. The van der Waals surface area contributed by atoms with Gasteiger partial charge in [-0.05, 0) is 62.7 Å². The van der Waals surface area contributed by atoms with Crippen LogP contribution in [0.5, 0.6) is 0 Å². The van der Waals surface area contributed by atoms with Crippen molar-refractivity contribution >= 4 is 23.2 Å². The Hall–Kier alpha value is -3.45. The van der Waals surface area contributed by atoms with Crippen LogP contribution in [0.2, 0.25) is 0 Å². The Morgan fingerprint density at radius 3 is 2.66 bits per heavy atom. The van der Waals surface area contributed by atoms with E-state index in [-0.39, 0.29) is 11.9 Å². The summed E-state index contributed by atoms with van der Waals surface area (Å²) in [7, 11) is 0. The number of hydrogen-bond donors (Lipinski definition) is 3. The zero-order valence-corrected chi connectivity index (χ0v) is 18.9. The number of carbonyl (C=O) groups excluding carboxylic acids is 1. The molecule has 0 bridgehead atoms. The molecule has 0 spiro atoms. The first-order valence-electron chi connectivity index (χ1n) is 11.1. The number of amides is 1.